The fourth-order valence-corrected chi connectivity index (χ4v) is 3.52. The molecule has 2 rings (SSSR count). The second-order valence-electron chi connectivity index (χ2n) is 5.20. The molecule has 2 saturated heterocycles. The molecular weight excluding hydrogens is 202 g/mol. The highest BCUT2D eigenvalue weighted by Crippen LogP contribution is 2.42. The Morgan fingerprint density at radius 2 is 2.00 bits per heavy atom. The van der Waals surface area contributed by atoms with Crippen LogP contribution in [0.1, 0.15) is 46.0 Å². The van der Waals surface area contributed by atoms with Gasteiger partial charge in [-0.05, 0) is 24.7 Å². The zero-order chi connectivity index (χ0) is 11.6. The summed E-state index contributed by atoms with van der Waals surface area (Å²) < 4.78 is 5.44. The van der Waals surface area contributed by atoms with E-state index >= 15 is 0 Å². The maximum Gasteiger partial charge on any atom is 0.220 e. The highest BCUT2D eigenvalue weighted by molar-refractivity contribution is 5.80. The number of ether oxygens (including phenoxy) is 1. The fraction of sp³-hybridized carbons (Fsp3) is 0.923. The van der Waals surface area contributed by atoms with E-state index in [1.165, 1.54) is 12.8 Å². The maximum absolute atomic E-state index is 11.7. The molecule has 1 amide bonds. The first kappa shape index (κ1) is 11.9. The van der Waals surface area contributed by atoms with Gasteiger partial charge in [0.15, 0.2) is 0 Å². The van der Waals surface area contributed by atoms with Gasteiger partial charge < -0.3 is 10.1 Å². The number of hydrogen-bond donors (Lipinski definition) is 1. The van der Waals surface area contributed by atoms with Crippen molar-refractivity contribution in [3.8, 4) is 0 Å². The van der Waals surface area contributed by atoms with Crippen molar-refractivity contribution in [1.82, 2.24) is 5.32 Å². The Morgan fingerprint density at radius 3 is 2.56 bits per heavy atom. The predicted molar refractivity (Wildman–Crippen MR) is 63.1 cm³/mol. The molecule has 2 aliphatic heterocycles. The lowest BCUT2D eigenvalue weighted by atomic mass is 9.71. The van der Waals surface area contributed by atoms with Gasteiger partial charge in [0.25, 0.3) is 0 Å². The highest BCUT2D eigenvalue weighted by Gasteiger charge is 2.49. The molecule has 3 nitrogen and oxygen atoms in total. The van der Waals surface area contributed by atoms with Crippen LogP contribution >= 0.6 is 0 Å². The van der Waals surface area contributed by atoms with Crippen LogP contribution in [-0.4, -0.2) is 24.7 Å². The molecule has 2 heterocycles. The van der Waals surface area contributed by atoms with Gasteiger partial charge in [0.1, 0.15) is 0 Å². The Kier molecular flexibility index (Phi) is 3.53. The topological polar surface area (TPSA) is 38.3 Å². The van der Waals surface area contributed by atoms with E-state index in [9.17, 15) is 4.79 Å². The lowest BCUT2D eigenvalue weighted by Gasteiger charge is -2.41. The van der Waals surface area contributed by atoms with Gasteiger partial charge in [-0.15, -0.1) is 0 Å². The van der Waals surface area contributed by atoms with Gasteiger partial charge in [-0.2, -0.15) is 0 Å². The summed E-state index contributed by atoms with van der Waals surface area (Å²) in [6.45, 7) is 6.09. The quantitative estimate of drug-likeness (QED) is 0.799. The molecule has 0 aliphatic carbocycles. The van der Waals surface area contributed by atoms with Crippen LogP contribution in [0.3, 0.4) is 0 Å². The van der Waals surface area contributed by atoms with Gasteiger partial charge in [0.05, 0.1) is 0 Å². The zero-order valence-corrected chi connectivity index (χ0v) is 10.4. The second kappa shape index (κ2) is 4.74. The average molecular weight is 225 g/mol. The first-order chi connectivity index (χ1) is 7.72. The smallest absolute Gasteiger partial charge is 0.220 e. The minimum atomic E-state index is 0.0615. The van der Waals surface area contributed by atoms with Crippen LogP contribution in [-0.2, 0) is 9.53 Å². The molecule has 0 bridgehead atoms. The average Bonchev–Trinajstić information content (AvgIpc) is 2.59. The fourth-order valence-electron chi connectivity index (χ4n) is 3.52. The Hall–Kier alpha value is -0.570. The molecule has 1 spiro atoms. The summed E-state index contributed by atoms with van der Waals surface area (Å²) in [5, 5.41) is 3.25. The molecule has 0 radical (unpaired) electrons. The Balaban J connectivity index is 2.17. The van der Waals surface area contributed by atoms with Crippen LogP contribution < -0.4 is 5.32 Å². The van der Waals surface area contributed by atoms with Crippen molar-refractivity contribution in [2.75, 3.05) is 13.2 Å². The SMILES string of the molecule is CCC(CC)C1CC(=O)NC12CCOCC2. The number of rotatable bonds is 3. The monoisotopic (exact) mass is 225 g/mol. The van der Waals surface area contributed by atoms with Crippen molar-refractivity contribution in [1.29, 1.82) is 0 Å². The van der Waals surface area contributed by atoms with E-state index in [2.05, 4.69) is 19.2 Å². The van der Waals surface area contributed by atoms with Gasteiger partial charge in [-0.25, -0.2) is 0 Å². The minimum absolute atomic E-state index is 0.0615. The van der Waals surface area contributed by atoms with Gasteiger partial charge in [0.2, 0.25) is 5.91 Å². The van der Waals surface area contributed by atoms with E-state index in [1.807, 2.05) is 0 Å². The largest absolute Gasteiger partial charge is 0.381 e. The summed E-state index contributed by atoms with van der Waals surface area (Å²) in [7, 11) is 0. The maximum atomic E-state index is 11.7. The van der Waals surface area contributed by atoms with Crippen molar-refractivity contribution in [2.45, 2.75) is 51.5 Å². The molecule has 0 aromatic carbocycles. The number of amides is 1. The number of hydrogen-bond acceptors (Lipinski definition) is 2. The Labute approximate surface area is 97.9 Å². The van der Waals surface area contributed by atoms with E-state index in [1.54, 1.807) is 0 Å². The van der Waals surface area contributed by atoms with Crippen LogP contribution in [0.4, 0.5) is 0 Å². The van der Waals surface area contributed by atoms with Crippen LogP contribution in [0.15, 0.2) is 0 Å². The molecule has 16 heavy (non-hydrogen) atoms. The number of carbonyl (C=O) groups is 1. The van der Waals surface area contributed by atoms with E-state index in [0.717, 1.165) is 32.5 Å². The molecule has 2 aliphatic rings. The van der Waals surface area contributed by atoms with Gasteiger partial charge >= 0.3 is 0 Å². The molecule has 2 fully saturated rings. The number of carbonyl (C=O) groups excluding carboxylic acids is 1. The Morgan fingerprint density at radius 1 is 1.38 bits per heavy atom. The molecule has 1 N–H and O–H groups in total. The third-order valence-corrected chi connectivity index (χ3v) is 4.51. The van der Waals surface area contributed by atoms with Crippen LogP contribution in [0, 0.1) is 11.8 Å². The van der Waals surface area contributed by atoms with Gasteiger partial charge in [-0.3, -0.25) is 4.79 Å². The van der Waals surface area contributed by atoms with Gasteiger partial charge in [-0.1, -0.05) is 26.7 Å². The van der Waals surface area contributed by atoms with Crippen LogP contribution in [0.25, 0.3) is 0 Å². The lowest BCUT2D eigenvalue weighted by Crippen LogP contribution is -2.51. The lowest BCUT2D eigenvalue weighted by molar-refractivity contribution is -0.120. The molecule has 0 aromatic heterocycles. The molecule has 3 heteroatoms. The molecule has 0 saturated carbocycles. The summed E-state index contributed by atoms with van der Waals surface area (Å²) in [6.07, 6.45) is 5.09. The van der Waals surface area contributed by atoms with Crippen molar-refractivity contribution in [2.24, 2.45) is 11.8 Å². The summed E-state index contributed by atoms with van der Waals surface area (Å²) in [5.74, 6) is 1.45. The van der Waals surface area contributed by atoms with Crippen molar-refractivity contribution >= 4 is 5.91 Å². The summed E-state index contributed by atoms with van der Waals surface area (Å²) >= 11 is 0. The van der Waals surface area contributed by atoms with Gasteiger partial charge in [0, 0.05) is 25.2 Å². The normalized spacial score (nSPS) is 28.7. The van der Waals surface area contributed by atoms with E-state index < -0.39 is 0 Å². The van der Waals surface area contributed by atoms with Crippen LogP contribution in [0.2, 0.25) is 0 Å². The number of nitrogens with one attached hydrogen (secondary N) is 1. The van der Waals surface area contributed by atoms with E-state index in [-0.39, 0.29) is 11.4 Å². The standard InChI is InChI=1S/C13H23NO2/c1-3-10(4-2)11-9-12(15)14-13(11)5-7-16-8-6-13/h10-11H,3-9H2,1-2H3,(H,14,15). The molecule has 0 aromatic rings. The van der Waals surface area contributed by atoms with E-state index in [4.69, 9.17) is 4.74 Å². The Bertz CT molecular complexity index is 255. The summed E-state index contributed by atoms with van der Waals surface area (Å²) in [5.41, 5.74) is 0.0615. The molecular formula is C13H23NO2. The van der Waals surface area contributed by atoms with Crippen molar-refractivity contribution < 1.29 is 9.53 Å². The minimum Gasteiger partial charge on any atom is -0.381 e. The zero-order valence-electron chi connectivity index (χ0n) is 10.4. The first-order valence-corrected chi connectivity index (χ1v) is 6.60. The van der Waals surface area contributed by atoms with E-state index in [0.29, 0.717) is 11.8 Å². The first-order valence-electron chi connectivity index (χ1n) is 6.60. The molecule has 1 atom stereocenters. The summed E-state index contributed by atoms with van der Waals surface area (Å²) in [6, 6.07) is 0. The summed E-state index contributed by atoms with van der Waals surface area (Å²) in [4.78, 5) is 11.7. The predicted octanol–water partition coefficient (Wildman–Crippen LogP) is 2.11. The molecule has 92 valence electrons. The van der Waals surface area contributed by atoms with Crippen molar-refractivity contribution in [3.63, 3.8) is 0 Å². The molecule has 1 unspecified atom stereocenters. The van der Waals surface area contributed by atoms with Crippen molar-refractivity contribution in [3.05, 3.63) is 0 Å². The van der Waals surface area contributed by atoms with Crippen LogP contribution in [0.5, 0.6) is 0 Å². The third kappa shape index (κ3) is 1.97. The highest BCUT2D eigenvalue weighted by atomic mass is 16.5. The third-order valence-electron chi connectivity index (χ3n) is 4.51. The second-order valence-corrected chi connectivity index (χ2v) is 5.20.